The second-order valence-electron chi connectivity index (χ2n) is 3.64. The normalized spacial score (nSPS) is 19.9. The summed E-state index contributed by atoms with van der Waals surface area (Å²) in [7, 11) is 0. The lowest BCUT2D eigenvalue weighted by molar-refractivity contribution is -0.129. The molecule has 3 nitrogen and oxygen atoms in total. The topological polar surface area (TPSA) is 25.2 Å². The molecule has 1 aliphatic rings. The van der Waals surface area contributed by atoms with Crippen LogP contribution in [-0.2, 0) is 11.3 Å². The minimum atomic E-state index is -0.0222. The van der Waals surface area contributed by atoms with E-state index in [-0.39, 0.29) is 11.9 Å². The Morgan fingerprint density at radius 3 is 3.00 bits per heavy atom. The quantitative estimate of drug-likeness (QED) is 0.672. The smallest absolute Gasteiger partial charge is 0.246 e. The van der Waals surface area contributed by atoms with E-state index in [9.17, 15) is 4.79 Å². The van der Waals surface area contributed by atoms with E-state index in [0.29, 0.717) is 6.54 Å². The molecule has 2 rings (SSSR count). The third-order valence-corrected chi connectivity index (χ3v) is 3.21. The number of rotatable bonds is 1. The van der Waals surface area contributed by atoms with E-state index in [1.54, 1.807) is 4.90 Å². The predicted molar refractivity (Wildman–Crippen MR) is 59.8 cm³/mol. The molecule has 0 saturated carbocycles. The maximum absolute atomic E-state index is 11.6. The van der Waals surface area contributed by atoms with Gasteiger partial charge in [-0.15, -0.1) is 0 Å². The van der Waals surface area contributed by atoms with Crippen molar-refractivity contribution >= 4 is 17.5 Å². The van der Waals surface area contributed by atoms with Crippen LogP contribution in [0.25, 0.3) is 0 Å². The summed E-state index contributed by atoms with van der Waals surface area (Å²) < 4.78 is 2.04. The monoisotopic (exact) mass is 224 g/mol. The number of halogens is 1. The minimum Gasteiger partial charge on any atom is -0.332 e. The molecule has 1 unspecified atom stereocenters. The van der Waals surface area contributed by atoms with Crippen LogP contribution in [0.5, 0.6) is 0 Å². The van der Waals surface area contributed by atoms with Gasteiger partial charge in [-0.2, -0.15) is 0 Å². The second-order valence-corrected chi connectivity index (χ2v) is 4.03. The SMILES string of the molecule is C=CC(=O)N1CCn2c(Cl)ccc2C1C. The first kappa shape index (κ1) is 10.3. The van der Waals surface area contributed by atoms with Crippen molar-refractivity contribution in [3.05, 3.63) is 35.6 Å². The van der Waals surface area contributed by atoms with Crippen molar-refractivity contribution in [3.8, 4) is 0 Å². The second kappa shape index (κ2) is 3.74. The van der Waals surface area contributed by atoms with Crippen molar-refractivity contribution in [3.63, 3.8) is 0 Å². The van der Waals surface area contributed by atoms with E-state index < -0.39 is 0 Å². The maximum Gasteiger partial charge on any atom is 0.246 e. The average molecular weight is 225 g/mol. The Bertz CT molecular complexity index is 411. The molecular formula is C11H13ClN2O. The van der Waals surface area contributed by atoms with Crippen molar-refractivity contribution in [1.29, 1.82) is 0 Å². The Morgan fingerprint density at radius 2 is 2.33 bits per heavy atom. The van der Waals surface area contributed by atoms with Crippen molar-refractivity contribution in [1.82, 2.24) is 9.47 Å². The van der Waals surface area contributed by atoms with Gasteiger partial charge < -0.3 is 9.47 Å². The minimum absolute atomic E-state index is 0.0222. The van der Waals surface area contributed by atoms with Crippen LogP contribution in [0.15, 0.2) is 24.8 Å². The molecule has 1 aromatic rings. The molecule has 1 aliphatic heterocycles. The number of fused-ring (bicyclic) bond motifs is 1. The molecule has 0 N–H and O–H groups in total. The van der Waals surface area contributed by atoms with Crippen LogP contribution in [0.2, 0.25) is 5.15 Å². The summed E-state index contributed by atoms with van der Waals surface area (Å²) in [6, 6.07) is 3.90. The van der Waals surface area contributed by atoms with Gasteiger partial charge in [0.05, 0.1) is 6.04 Å². The first-order valence-electron chi connectivity index (χ1n) is 4.93. The number of aromatic nitrogens is 1. The summed E-state index contributed by atoms with van der Waals surface area (Å²) in [6.45, 7) is 6.95. The summed E-state index contributed by atoms with van der Waals surface area (Å²) in [5.41, 5.74) is 1.08. The van der Waals surface area contributed by atoms with Crippen molar-refractivity contribution in [2.75, 3.05) is 6.54 Å². The number of hydrogen-bond acceptors (Lipinski definition) is 1. The van der Waals surface area contributed by atoms with Gasteiger partial charge in [0.2, 0.25) is 5.91 Å². The summed E-state index contributed by atoms with van der Waals surface area (Å²) in [5, 5.41) is 0.738. The van der Waals surface area contributed by atoms with Crippen LogP contribution in [0.4, 0.5) is 0 Å². The number of amides is 1. The Morgan fingerprint density at radius 1 is 1.60 bits per heavy atom. The molecule has 1 atom stereocenters. The van der Waals surface area contributed by atoms with Crippen LogP contribution in [0, 0.1) is 0 Å². The lowest BCUT2D eigenvalue weighted by Gasteiger charge is -2.34. The van der Waals surface area contributed by atoms with Crippen LogP contribution < -0.4 is 0 Å². The molecule has 0 saturated heterocycles. The molecule has 0 radical (unpaired) electrons. The van der Waals surface area contributed by atoms with E-state index >= 15 is 0 Å². The van der Waals surface area contributed by atoms with Gasteiger partial charge in [0.15, 0.2) is 0 Å². The zero-order chi connectivity index (χ0) is 11.0. The van der Waals surface area contributed by atoms with Gasteiger partial charge in [-0.25, -0.2) is 0 Å². The molecule has 15 heavy (non-hydrogen) atoms. The third-order valence-electron chi connectivity index (χ3n) is 2.88. The zero-order valence-corrected chi connectivity index (χ0v) is 9.37. The molecule has 0 spiro atoms. The van der Waals surface area contributed by atoms with Gasteiger partial charge in [-0.1, -0.05) is 18.2 Å². The molecule has 1 amide bonds. The molecule has 0 aliphatic carbocycles. The molecule has 0 bridgehead atoms. The van der Waals surface area contributed by atoms with Crippen LogP contribution >= 0.6 is 11.6 Å². The number of carbonyl (C=O) groups is 1. The number of carbonyl (C=O) groups excluding carboxylic acids is 1. The lowest BCUT2D eigenvalue weighted by atomic mass is 10.1. The van der Waals surface area contributed by atoms with E-state index in [1.165, 1.54) is 6.08 Å². The first-order chi connectivity index (χ1) is 7.15. The molecular weight excluding hydrogens is 212 g/mol. The number of nitrogens with zero attached hydrogens (tertiary/aromatic N) is 2. The highest BCUT2D eigenvalue weighted by atomic mass is 35.5. The Balaban J connectivity index is 2.33. The fourth-order valence-corrected chi connectivity index (χ4v) is 2.28. The van der Waals surface area contributed by atoms with Crippen LogP contribution in [-0.4, -0.2) is 21.9 Å². The highest BCUT2D eigenvalue weighted by Gasteiger charge is 2.27. The van der Waals surface area contributed by atoms with Gasteiger partial charge in [-0.05, 0) is 25.1 Å². The average Bonchev–Trinajstić information content (AvgIpc) is 2.61. The van der Waals surface area contributed by atoms with Crippen LogP contribution in [0.3, 0.4) is 0 Å². The Hall–Kier alpha value is -1.22. The first-order valence-corrected chi connectivity index (χ1v) is 5.31. The molecule has 0 aromatic carbocycles. The summed E-state index contributed by atoms with van der Waals surface area (Å²) in [6.07, 6.45) is 1.36. The molecule has 4 heteroatoms. The zero-order valence-electron chi connectivity index (χ0n) is 8.61. The van der Waals surface area contributed by atoms with Crippen LogP contribution in [0.1, 0.15) is 18.7 Å². The van der Waals surface area contributed by atoms with Gasteiger partial charge in [0.25, 0.3) is 0 Å². The molecule has 0 fully saturated rings. The van der Waals surface area contributed by atoms with E-state index in [2.05, 4.69) is 6.58 Å². The Labute approximate surface area is 93.9 Å². The van der Waals surface area contributed by atoms with Crippen molar-refractivity contribution < 1.29 is 4.79 Å². The predicted octanol–water partition coefficient (Wildman–Crippen LogP) is 2.23. The summed E-state index contributed by atoms with van der Waals surface area (Å²) in [4.78, 5) is 13.4. The van der Waals surface area contributed by atoms with Crippen molar-refractivity contribution in [2.45, 2.75) is 19.5 Å². The maximum atomic E-state index is 11.6. The fraction of sp³-hybridized carbons (Fsp3) is 0.364. The summed E-state index contributed by atoms with van der Waals surface area (Å²) in [5.74, 6) is -0.0222. The van der Waals surface area contributed by atoms with Gasteiger partial charge >= 0.3 is 0 Å². The molecule has 80 valence electrons. The van der Waals surface area contributed by atoms with E-state index in [4.69, 9.17) is 11.6 Å². The molecule has 2 heterocycles. The third kappa shape index (κ3) is 1.57. The highest BCUT2D eigenvalue weighted by Crippen LogP contribution is 2.29. The Kier molecular flexibility index (Phi) is 2.57. The number of hydrogen-bond donors (Lipinski definition) is 0. The highest BCUT2D eigenvalue weighted by molar-refractivity contribution is 6.29. The summed E-state index contributed by atoms with van der Waals surface area (Å²) >= 11 is 6.02. The van der Waals surface area contributed by atoms with Gasteiger partial charge in [0.1, 0.15) is 5.15 Å². The standard InChI is InChI=1S/C11H13ClN2O/c1-3-11(15)13-6-7-14-9(8(13)2)4-5-10(14)12/h3-5,8H,1,6-7H2,2H3. The lowest BCUT2D eigenvalue weighted by Crippen LogP contribution is -2.39. The van der Waals surface area contributed by atoms with Gasteiger partial charge in [-0.3, -0.25) is 4.79 Å². The fourth-order valence-electron chi connectivity index (χ4n) is 2.04. The van der Waals surface area contributed by atoms with E-state index in [0.717, 1.165) is 17.4 Å². The largest absolute Gasteiger partial charge is 0.332 e. The van der Waals surface area contributed by atoms with E-state index in [1.807, 2.05) is 23.6 Å². The van der Waals surface area contributed by atoms with Crippen molar-refractivity contribution in [2.24, 2.45) is 0 Å². The van der Waals surface area contributed by atoms with Gasteiger partial charge in [0, 0.05) is 18.8 Å². The molecule has 1 aromatic heterocycles.